The van der Waals surface area contributed by atoms with E-state index in [-0.39, 0.29) is 5.11 Å². The summed E-state index contributed by atoms with van der Waals surface area (Å²) in [4.78, 5) is 5.02. The van der Waals surface area contributed by atoms with E-state index in [9.17, 15) is 0 Å². The molecule has 5 N–H and O–H groups in total. The average molecular weight is 229 g/mol. The zero-order valence-electron chi connectivity index (χ0n) is 7.87. The summed E-state index contributed by atoms with van der Waals surface area (Å²) < 4.78 is 0. The van der Waals surface area contributed by atoms with Gasteiger partial charge in [-0.25, -0.2) is 4.98 Å². The smallest absolute Gasteiger partial charge is 0.184 e. The lowest BCUT2D eigenvalue weighted by Crippen LogP contribution is -2.25. The molecule has 0 fully saturated rings. The van der Waals surface area contributed by atoms with Crippen molar-refractivity contribution in [3.8, 4) is 0 Å². The number of nitrogens with one attached hydrogen (secondary N) is 1. The summed E-state index contributed by atoms with van der Waals surface area (Å²) in [5.74, 6) is 0. The van der Waals surface area contributed by atoms with Gasteiger partial charge >= 0.3 is 0 Å². The first kappa shape index (κ1) is 10.9. The molecule has 1 aromatic rings. The number of anilines is 1. The molecule has 0 amide bonds. The standard InChI is InChI=1S/C7H11N5S2/c1-3-5(14-7(9)10-3)4(2)11-12-6(8)13/h1-2H3,(H2,9,10)(H3,8,12,13)/b11-4-. The van der Waals surface area contributed by atoms with E-state index in [2.05, 4.69) is 27.7 Å². The van der Waals surface area contributed by atoms with Crippen LogP contribution in [0, 0.1) is 6.92 Å². The highest BCUT2D eigenvalue weighted by atomic mass is 32.1. The molecular weight excluding hydrogens is 218 g/mol. The molecule has 76 valence electrons. The number of aryl methyl sites for hydroxylation is 1. The minimum absolute atomic E-state index is 0.138. The van der Waals surface area contributed by atoms with Crippen LogP contribution in [0.5, 0.6) is 0 Å². The largest absolute Gasteiger partial charge is 0.375 e. The van der Waals surface area contributed by atoms with Gasteiger partial charge in [0.25, 0.3) is 0 Å². The fraction of sp³-hybridized carbons (Fsp3) is 0.286. The van der Waals surface area contributed by atoms with E-state index in [0.29, 0.717) is 5.13 Å². The topological polar surface area (TPSA) is 89.3 Å². The molecular formula is C7H11N5S2. The number of hydrogen-bond donors (Lipinski definition) is 3. The van der Waals surface area contributed by atoms with Crippen molar-refractivity contribution in [3.63, 3.8) is 0 Å². The Labute approximate surface area is 91.2 Å². The molecule has 1 rings (SSSR count). The Morgan fingerprint density at radius 2 is 2.29 bits per heavy atom. The predicted octanol–water partition coefficient (Wildman–Crippen LogP) is 0.591. The molecule has 7 heteroatoms. The molecule has 0 aliphatic heterocycles. The summed E-state index contributed by atoms with van der Waals surface area (Å²) >= 11 is 6.01. The Bertz CT molecular complexity index is 381. The number of nitrogen functional groups attached to an aromatic ring is 1. The third kappa shape index (κ3) is 2.64. The van der Waals surface area contributed by atoms with Crippen LogP contribution in [0.4, 0.5) is 5.13 Å². The summed E-state index contributed by atoms with van der Waals surface area (Å²) in [6.07, 6.45) is 0. The van der Waals surface area contributed by atoms with Crippen molar-refractivity contribution >= 4 is 39.5 Å². The van der Waals surface area contributed by atoms with E-state index in [4.69, 9.17) is 11.5 Å². The van der Waals surface area contributed by atoms with Crippen molar-refractivity contribution in [2.75, 3.05) is 5.73 Å². The van der Waals surface area contributed by atoms with Crippen LogP contribution in [0.15, 0.2) is 5.10 Å². The maximum absolute atomic E-state index is 5.55. The molecule has 0 aliphatic carbocycles. The molecule has 0 unspecified atom stereocenters. The van der Waals surface area contributed by atoms with Gasteiger partial charge in [0.15, 0.2) is 10.2 Å². The molecule has 14 heavy (non-hydrogen) atoms. The summed E-state index contributed by atoms with van der Waals surface area (Å²) in [5.41, 5.74) is 14.9. The monoisotopic (exact) mass is 229 g/mol. The number of thiazole rings is 1. The normalized spacial score (nSPS) is 11.4. The molecule has 1 heterocycles. The Morgan fingerprint density at radius 1 is 1.64 bits per heavy atom. The van der Waals surface area contributed by atoms with Crippen molar-refractivity contribution in [3.05, 3.63) is 10.6 Å². The van der Waals surface area contributed by atoms with E-state index in [1.54, 1.807) is 0 Å². The fourth-order valence-corrected chi connectivity index (χ4v) is 1.77. The van der Waals surface area contributed by atoms with Crippen molar-refractivity contribution in [2.45, 2.75) is 13.8 Å². The molecule has 5 nitrogen and oxygen atoms in total. The second-order valence-corrected chi connectivity index (χ2v) is 4.11. The van der Waals surface area contributed by atoms with Gasteiger partial charge in [0.05, 0.1) is 16.3 Å². The van der Waals surface area contributed by atoms with Gasteiger partial charge in [0.2, 0.25) is 0 Å². The molecule has 0 saturated carbocycles. The fourth-order valence-electron chi connectivity index (χ4n) is 0.943. The number of aromatic nitrogens is 1. The minimum Gasteiger partial charge on any atom is -0.375 e. The molecule has 0 radical (unpaired) electrons. The maximum atomic E-state index is 5.55. The third-order valence-corrected chi connectivity index (χ3v) is 2.66. The number of thiocarbonyl (C=S) groups is 1. The first-order valence-corrected chi connectivity index (χ1v) is 5.06. The second kappa shape index (κ2) is 4.34. The molecule has 0 aliphatic rings. The third-order valence-electron chi connectivity index (χ3n) is 1.48. The Hall–Kier alpha value is -1.21. The van der Waals surface area contributed by atoms with Gasteiger partial charge in [-0.15, -0.1) is 0 Å². The van der Waals surface area contributed by atoms with Crippen LogP contribution in [0.2, 0.25) is 0 Å². The summed E-state index contributed by atoms with van der Waals surface area (Å²) in [7, 11) is 0. The maximum Gasteiger partial charge on any atom is 0.184 e. The zero-order valence-corrected chi connectivity index (χ0v) is 9.50. The SMILES string of the molecule is C/C(=N/NC(N)=S)c1sc(N)nc1C. The Balaban J connectivity index is 2.88. The van der Waals surface area contributed by atoms with Crippen LogP contribution in [-0.2, 0) is 0 Å². The number of nitrogens with zero attached hydrogens (tertiary/aromatic N) is 2. The average Bonchev–Trinajstić information content (AvgIpc) is 2.41. The van der Waals surface area contributed by atoms with Gasteiger partial charge < -0.3 is 11.5 Å². The van der Waals surface area contributed by atoms with Gasteiger partial charge in [0.1, 0.15) is 0 Å². The summed E-state index contributed by atoms with van der Waals surface area (Å²) in [6, 6.07) is 0. The highest BCUT2D eigenvalue weighted by molar-refractivity contribution is 7.80. The zero-order chi connectivity index (χ0) is 10.7. The van der Waals surface area contributed by atoms with Crippen molar-refractivity contribution < 1.29 is 0 Å². The Morgan fingerprint density at radius 3 is 2.71 bits per heavy atom. The number of hydrogen-bond acceptors (Lipinski definition) is 5. The molecule has 0 bridgehead atoms. The van der Waals surface area contributed by atoms with Crippen LogP contribution in [0.1, 0.15) is 17.5 Å². The van der Waals surface area contributed by atoms with Crippen LogP contribution in [0.25, 0.3) is 0 Å². The molecule has 1 aromatic heterocycles. The quantitative estimate of drug-likeness (QED) is 0.392. The van der Waals surface area contributed by atoms with Crippen molar-refractivity contribution in [1.29, 1.82) is 0 Å². The highest BCUT2D eigenvalue weighted by Crippen LogP contribution is 2.20. The Kier molecular flexibility index (Phi) is 3.37. The van der Waals surface area contributed by atoms with E-state index < -0.39 is 0 Å². The van der Waals surface area contributed by atoms with Crippen LogP contribution < -0.4 is 16.9 Å². The number of nitrogens with two attached hydrogens (primary N) is 2. The van der Waals surface area contributed by atoms with Gasteiger partial charge in [-0.2, -0.15) is 5.10 Å². The van der Waals surface area contributed by atoms with Gasteiger partial charge in [-0.1, -0.05) is 11.3 Å². The van der Waals surface area contributed by atoms with Crippen molar-refractivity contribution in [2.24, 2.45) is 10.8 Å². The first-order chi connectivity index (χ1) is 6.50. The van der Waals surface area contributed by atoms with E-state index >= 15 is 0 Å². The van der Waals surface area contributed by atoms with Gasteiger partial charge in [-0.05, 0) is 26.1 Å². The lowest BCUT2D eigenvalue weighted by molar-refractivity contribution is 1.03. The lowest BCUT2D eigenvalue weighted by atomic mass is 10.3. The summed E-state index contributed by atoms with van der Waals surface area (Å²) in [5, 5.41) is 4.65. The first-order valence-electron chi connectivity index (χ1n) is 3.83. The van der Waals surface area contributed by atoms with Gasteiger partial charge in [-0.3, -0.25) is 5.43 Å². The minimum atomic E-state index is 0.138. The molecule has 0 spiro atoms. The van der Waals surface area contributed by atoms with Crippen LogP contribution in [0.3, 0.4) is 0 Å². The van der Waals surface area contributed by atoms with Crippen molar-refractivity contribution in [1.82, 2.24) is 10.4 Å². The molecule has 0 aromatic carbocycles. The van der Waals surface area contributed by atoms with E-state index in [1.807, 2.05) is 13.8 Å². The number of hydrazone groups is 1. The second-order valence-electron chi connectivity index (χ2n) is 2.64. The molecule has 0 saturated heterocycles. The van der Waals surface area contributed by atoms with E-state index in [1.165, 1.54) is 11.3 Å². The highest BCUT2D eigenvalue weighted by Gasteiger charge is 2.07. The predicted molar refractivity (Wildman–Crippen MR) is 63.4 cm³/mol. The molecule has 0 atom stereocenters. The number of rotatable bonds is 2. The lowest BCUT2D eigenvalue weighted by Gasteiger charge is -1.98. The van der Waals surface area contributed by atoms with E-state index in [0.717, 1.165) is 16.3 Å². The van der Waals surface area contributed by atoms with Crippen LogP contribution >= 0.6 is 23.6 Å². The summed E-state index contributed by atoms with van der Waals surface area (Å²) in [6.45, 7) is 3.72. The van der Waals surface area contributed by atoms with Crippen LogP contribution in [-0.4, -0.2) is 15.8 Å². The van der Waals surface area contributed by atoms with Gasteiger partial charge in [0, 0.05) is 0 Å².